The molecule has 310 valence electrons. The predicted molar refractivity (Wildman–Crippen MR) is 214 cm³/mol. The van der Waals surface area contributed by atoms with Crippen LogP contribution in [-0.2, 0) is 46.2 Å². The van der Waals surface area contributed by atoms with Gasteiger partial charge in [-0.2, -0.15) is 0 Å². The maximum atomic E-state index is 15.0. The third kappa shape index (κ3) is 9.62. The molecule has 1 N–H and O–H groups in total. The minimum atomic E-state index is -1.59. The summed E-state index contributed by atoms with van der Waals surface area (Å²) in [5.41, 5.74) is 0.879. The molecule has 57 heavy (non-hydrogen) atoms. The summed E-state index contributed by atoms with van der Waals surface area (Å²) in [6.07, 6.45) is 2.48. The van der Waals surface area contributed by atoms with Crippen molar-refractivity contribution >= 4 is 41.0 Å². The number of aliphatic hydroxyl groups is 1. The molecule has 0 saturated carbocycles. The molecule has 2 fully saturated rings. The number of amides is 2. The van der Waals surface area contributed by atoms with Gasteiger partial charge in [0, 0.05) is 33.5 Å². The molecule has 2 aromatic carbocycles. The summed E-state index contributed by atoms with van der Waals surface area (Å²) in [6, 6.07) is 6.99. The van der Waals surface area contributed by atoms with Crippen molar-refractivity contribution in [2.45, 2.75) is 122 Å². The van der Waals surface area contributed by atoms with Gasteiger partial charge in [-0.1, -0.05) is 68.3 Å². The smallest absolute Gasteiger partial charge is 0.328 e. The first kappa shape index (κ1) is 44.0. The molecule has 0 aromatic heterocycles. The fourth-order valence-electron chi connectivity index (χ4n) is 7.99. The molecule has 0 radical (unpaired) electrons. The van der Waals surface area contributed by atoms with E-state index in [2.05, 4.69) is 0 Å². The molecule has 11 nitrogen and oxygen atoms in total. The molecular formula is C44H56ClFN2O9. The lowest BCUT2D eigenvalue weighted by Crippen LogP contribution is -2.53. The molecule has 5 rings (SSSR count). The highest BCUT2D eigenvalue weighted by Crippen LogP contribution is 2.49. The highest BCUT2D eigenvalue weighted by molar-refractivity contribution is 6.34. The summed E-state index contributed by atoms with van der Waals surface area (Å²) >= 11 is 6.79. The van der Waals surface area contributed by atoms with E-state index in [9.17, 15) is 28.7 Å². The Hall–Kier alpha value is -4.10. The number of carbonyl (C=O) groups excluding carboxylic acids is 4. The minimum absolute atomic E-state index is 0.0377. The number of likely N-dealkylation sites (N-methyl/N-ethyl adjacent to an activating group) is 1. The van der Waals surface area contributed by atoms with Crippen molar-refractivity contribution in [3.05, 3.63) is 87.2 Å². The molecule has 3 aliphatic rings. The summed E-state index contributed by atoms with van der Waals surface area (Å²) in [7, 11) is 4.46. The largest absolute Gasteiger partial charge is 0.462 e. The molecule has 8 atom stereocenters. The second-order valence-corrected chi connectivity index (χ2v) is 17.0. The van der Waals surface area contributed by atoms with Crippen molar-refractivity contribution in [3.63, 3.8) is 0 Å². The number of carbonyl (C=O) groups is 4. The number of halogens is 2. The number of ether oxygens (including phenoxy) is 4. The molecule has 0 unspecified atom stereocenters. The van der Waals surface area contributed by atoms with Crippen LogP contribution in [0.1, 0.15) is 87.9 Å². The van der Waals surface area contributed by atoms with Gasteiger partial charge in [0.1, 0.15) is 41.4 Å². The van der Waals surface area contributed by atoms with Crippen LogP contribution in [0.25, 0.3) is 0 Å². The van der Waals surface area contributed by atoms with E-state index < -0.39 is 77.1 Å². The Morgan fingerprint density at radius 1 is 1.16 bits per heavy atom. The highest BCUT2D eigenvalue weighted by Gasteiger charge is 2.64. The summed E-state index contributed by atoms with van der Waals surface area (Å²) in [5.74, 6) is -3.53. The fraction of sp³-hybridized carbons (Fsp3) is 0.545. The molecule has 13 heteroatoms. The third-order valence-corrected chi connectivity index (χ3v) is 12.1. The van der Waals surface area contributed by atoms with Crippen LogP contribution >= 0.6 is 11.6 Å². The summed E-state index contributed by atoms with van der Waals surface area (Å²) in [4.78, 5) is 57.4. The molecule has 3 aliphatic heterocycles. The van der Waals surface area contributed by atoms with Gasteiger partial charge < -0.3 is 33.9 Å². The number of hydrogen-bond acceptors (Lipinski definition) is 9. The van der Waals surface area contributed by atoms with E-state index in [1.807, 2.05) is 52.8 Å². The Labute approximate surface area is 340 Å². The average molecular weight is 811 g/mol. The van der Waals surface area contributed by atoms with E-state index in [1.54, 1.807) is 32.2 Å². The van der Waals surface area contributed by atoms with Crippen LogP contribution in [0.4, 0.5) is 10.1 Å². The number of allylic oxidation sites excluding steroid dienone is 3. The predicted octanol–water partition coefficient (Wildman–Crippen LogP) is 6.72. The Balaban J connectivity index is 1.50. The van der Waals surface area contributed by atoms with Gasteiger partial charge in [0.25, 0.3) is 5.91 Å². The number of aryl methyl sites for hydroxylation is 1. The molecule has 3 heterocycles. The topological polar surface area (TPSA) is 135 Å². The molecule has 0 aliphatic carbocycles. The number of benzene rings is 2. The van der Waals surface area contributed by atoms with Crippen molar-refractivity contribution in [3.8, 4) is 0 Å². The molecule has 2 aromatic rings. The van der Waals surface area contributed by atoms with Gasteiger partial charge >= 0.3 is 11.9 Å². The number of hydrogen-bond donors (Lipinski definition) is 1. The standard InChI is InChI=1S/C44H56ClFN2O9/c1-24(2)16-29-14-15-32(46)31(19-29)41(51)47(8)28(6)42(52)56-36-21-37(49)48(9)33-20-30(18-26(4)39(33)45)17-25(3)12-11-13-35(54-10)44(53)22-34(55-38(50)23-44)27(5)40-43(36,7)57-40/h11-15,18-20,24,27-28,34-36,40,53H,16-17,21-23H2,1-10H3/b13-11+,25-12+/t27-,28+,34+,35-,36+,40+,43+,44-/m1/s1. The van der Waals surface area contributed by atoms with E-state index >= 15 is 0 Å². The summed E-state index contributed by atoms with van der Waals surface area (Å²) in [6.45, 7) is 12.8. The van der Waals surface area contributed by atoms with Gasteiger partial charge in [-0.25, -0.2) is 9.18 Å². The molecule has 0 spiro atoms. The number of methoxy groups -OCH3 is 1. The number of anilines is 1. The van der Waals surface area contributed by atoms with Crippen LogP contribution in [0, 0.1) is 24.6 Å². The van der Waals surface area contributed by atoms with Crippen molar-refractivity contribution in [1.29, 1.82) is 0 Å². The Kier molecular flexibility index (Phi) is 13.4. The number of nitrogens with zero attached hydrogens (tertiary/aromatic N) is 2. The first-order valence-electron chi connectivity index (χ1n) is 19.5. The van der Waals surface area contributed by atoms with E-state index in [0.29, 0.717) is 23.6 Å². The van der Waals surface area contributed by atoms with E-state index in [0.717, 1.165) is 27.2 Å². The molecule has 2 amide bonds. The molecule has 4 bridgehead atoms. The first-order valence-corrected chi connectivity index (χ1v) is 19.8. The lowest BCUT2D eigenvalue weighted by atomic mass is 9.78. The fourth-order valence-corrected chi connectivity index (χ4v) is 8.23. The highest BCUT2D eigenvalue weighted by atomic mass is 35.5. The van der Waals surface area contributed by atoms with Gasteiger partial charge in [-0.05, 0) is 81.3 Å². The van der Waals surface area contributed by atoms with Crippen molar-refractivity contribution in [1.82, 2.24) is 4.90 Å². The average Bonchev–Trinajstić information content (AvgIpc) is 3.84. The molecular weight excluding hydrogens is 755 g/mol. The Morgan fingerprint density at radius 2 is 1.86 bits per heavy atom. The van der Waals surface area contributed by atoms with E-state index in [1.165, 1.54) is 38.1 Å². The van der Waals surface area contributed by atoms with Crippen molar-refractivity contribution < 1.29 is 47.6 Å². The lowest BCUT2D eigenvalue weighted by molar-refractivity contribution is -0.187. The van der Waals surface area contributed by atoms with Crippen LogP contribution in [0.5, 0.6) is 0 Å². The van der Waals surface area contributed by atoms with Crippen LogP contribution in [-0.4, -0.2) is 96.6 Å². The normalized spacial score (nSPS) is 30.1. The van der Waals surface area contributed by atoms with Gasteiger partial charge in [-0.15, -0.1) is 0 Å². The van der Waals surface area contributed by atoms with Crippen LogP contribution in [0.3, 0.4) is 0 Å². The molecule has 2 saturated heterocycles. The Bertz CT molecular complexity index is 1950. The zero-order valence-corrected chi connectivity index (χ0v) is 35.3. The minimum Gasteiger partial charge on any atom is -0.462 e. The second kappa shape index (κ2) is 17.4. The zero-order valence-electron chi connectivity index (χ0n) is 34.6. The number of rotatable bonds is 7. The lowest BCUT2D eigenvalue weighted by Gasteiger charge is -2.41. The SMILES string of the molecule is CO[C@@H]1/C=C/C=C(\C)Cc2cc(C)c(Cl)c(c2)N(C)C(=O)C[C@H](OC(=O)[C@H](C)N(C)C(=O)c2cc(CC(C)C)ccc2F)[C@]2(C)O[C@H]2[C@H](C)[C@@H]2C[C@@]1(O)CC(=O)O2. The van der Waals surface area contributed by atoms with Crippen molar-refractivity contribution in [2.24, 2.45) is 11.8 Å². The maximum Gasteiger partial charge on any atom is 0.328 e. The Morgan fingerprint density at radius 3 is 2.53 bits per heavy atom. The van der Waals surface area contributed by atoms with Gasteiger partial charge in [-0.3, -0.25) is 14.4 Å². The number of fused-ring (bicyclic) bond motifs is 5. The quantitative estimate of drug-likeness (QED) is 0.239. The number of epoxide rings is 1. The first-order chi connectivity index (χ1) is 26.7. The van der Waals surface area contributed by atoms with Crippen LogP contribution in [0.2, 0.25) is 5.02 Å². The summed E-state index contributed by atoms with van der Waals surface area (Å²) < 4.78 is 38.9. The van der Waals surface area contributed by atoms with Gasteiger partial charge in [0.2, 0.25) is 5.91 Å². The third-order valence-electron chi connectivity index (χ3n) is 11.6. The van der Waals surface area contributed by atoms with Crippen molar-refractivity contribution in [2.75, 3.05) is 26.1 Å². The zero-order chi connectivity index (χ0) is 42.1. The second-order valence-electron chi connectivity index (χ2n) is 16.7. The van der Waals surface area contributed by atoms with Crippen LogP contribution < -0.4 is 4.90 Å². The van der Waals surface area contributed by atoms with Gasteiger partial charge in [0.15, 0.2) is 0 Å². The van der Waals surface area contributed by atoms with Gasteiger partial charge in [0.05, 0.1) is 35.2 Å². The number of esters is 2. The van der Waals surface area contributed by atoms with Crippen LogP contribution in [0.15, 0.2) is 54.1 Å². The summed E-state index contributed by atoms with van der Waals surface area (Å²) in [5, 5.41) is 12.3. The van der Waals surface area contributed by atoms with E-state index in [4.69, 9.17) is 30.5 Å². The maximum absolute atomic E-state index is 15.0. The monoisotopic (exact) mass is 810 g/mol. The van der Waals surface area contributed by atoms with E-state index in [-0.39, 0.29) is 30.7 Å².